The van der Waals surface area contributed by atoms with Crippen molar-refractivity contribution in [2.45, 2.75) is 51.4 Å². The van der Waals surface area contributed by atoms with Gasteiger partial charge in [-0.25, -0.2) is 4.98 Å². The molecule has 1 N–H and O–H groups in total. The van der Waals surface area contributed by atoms with Crippen LogP contribution in [0.5, 0.6) is 0 Å². The Bertz CT molecular complexity index is 447. The Labute approximate surface area is 118 Å². The van der Waals surface area contributed by atoms with Crippen LogP contribution in [0.15, 0.2) is 0 Å². The summed E-state index contributed by atoms with van der Waals surface area (Å²) in [4.78, 5) is 8.24. The summed E-state index contributed by atoms with van der Waals surface area (Å²) in [5.74, 6) is 0. The van der Waals surface area contributed by atoms with Crippen LogP contribution in [-0.4, -0.2) is 40.7 Å². The number of aryl methyl sites for hydroxylation is 1. The highest BCUT2D eigenvalue weighted by molar-refractivity contribution is 7.11. The van der Waals surface area contributed by atoms with E-state index in [-0.39, 0.29) is 12.2 Å². The molecule has 1 fully saturated rings. The molecular formula is C14H22N2O2S. The highest BCUT2D eigenvalue weighted by atomic mass is 32.1. The molecule has 1 aliphatic carbocycles. The number of aliphatic hydroxyl groups excluding tert-OH is 1. The van der Waals surface area contributed by atoms with E-state index in [0.717, 1.165) is 54.5 Å². The van der Waals surface area contributed by atoms with Crippen molar-refractivity contribution < 1.29 is 9.84 Å². The smallest absolute Gasteiger partial charge is 0.123 e. The van der Waals surface area contributed by atoms with Crippen molar-refractivity contribution in [1.82, 2.24) is 9.88 Å². The minimum atomic E-state index is -0.306. The Morgan fingerprint density at radius 1 is 1.47 bits per heavy atom. The van der Waals surface area contributed by atoms with E-state index >= 15 is 0 Å². The van der Waals surface area contributed by atoms with Gasteiger partial charge in [0, 0.05) is 19.1 Å². The Hall–Kier alpha value is -0.490. The highest BCUT2D eigenvalue weighted by Gasteiger charge is 2.29. The van der Waals surface area contributed by atoms with Crippen molar-refractivity contribution in [3.8, 4) is 0 Å². The van der Waals surface area contributed by atoms with Crippen LogP contribution in [0, 0.1) is 0 Å². The largest absolute Gasteiger partial charge is 0.388 e. The molecule has 106 valence electrons. The number of aliphatic hydroxyl groups is 1. The lowest BCUT2D eigenvalue weighted by molar-refractivity contribution is -0.0403. The van der Waals surface area contributed by atoms with E-state index in [9.17, 15) is 5.11 Å². The fourth-order valence-electron chi connectivity index (χ4n) is 2.84. The third-order valence-corrected chi connectivity index (χ3v) is 5.33. The molecule has 19 heavy (non-hydrogen) atoms. The Morgan fingerprint density at radius 3 is 3.05 bits per heavy atom. The van der Waals surface area contributed by atoms with Gasteiger partial charge >= 0.3 is 0 Å². The first kappa shape index (κ1) is 13.5. The predicted molar refractivity (Wildman–Crippen MR) is 75.4 cm³/mol. The van der Waals surface area contributed by atoms with Crippen LogP contribution in [0.25, 0.3) is 0 Å². The fourth-order valence-corrected chi connectivity index (χ4v) is 4.02. The van der Waals surface area contributed by atoms with E-state index < -0.39 is 0 Å². The molecule has 2 atom stereocenters. The zero-order valence-electron chi connectivity index (χ0n) is 11.6. The quantitative estimate of drug-likeness (QED) is 0.904. The lowest BCUT2D eigenvalue weighted by Crippen LogP contribution is -2.42. The maximum atomic E-state index is 10.0. The molecule has 1 aromatic heterocycles. The van der Waals surface area contributed by atoms with Gasteiger partial charge in [0.2, 0.25) is 0 Å². The molecule has 0 spiro atoms. The van der Waals surface area contributed by atoms with E-state index in [1.165, 1.54) is 0 Å². The number of hydrogen-bond acceptors (Lipinski definition) is 5. The van der Waals surface area contributed by atoms with Crippen molar-refractivity contribution in [1.29, 1.82) is 0 Å². The second-order valence-electron chi connectivity index (χ2n) is 5.72. The monoisotopic (exact) mass is 282 g/mol. The normalized spacial score (nSPS) is 28.6. The summed E-state index contributed by atoms with van der Waals surface area (Å²) in [6.07, 6.45) is 2.70. The minimum Gasteiger partial charge on any atom is -0.388 e. The van der Waals surface area contributed by atoms with Crippen LogP contribution in [0.1, 0.15) is 54.5 Å². The lowest BCUT2D eigenvalue weighted by Gasteiger charge is -2.34. The minimum absolute atomic E-state index is 0.0824. The molecule has 1 aromatic rings. The van der Waals surface area contributed by atoms with Crippen LogP contribution in [-0.2, 0) is 11.2 Å². The average molecular weight is 282 g/mol. The standard InChI is InChI=1S/C14H22N2O2S/c1-9(2)16-6-7-18-12(8-16)14-15-10-4-3-5-11(17)13(10)19-14/h9,11-12,17H,3-8H2,1-2H3. The number of aromatic nitrogens is 1. The SMILES string of the molecule is CC(C)N1CCOC(c2nc3c(s2)C(O)CCC3)C1. The van der Waals surface area contributed by atoms with Crippen LogP contribution in [0.2, 0.25) is 0 Å². The van der Waals surface area contributed by atoms with E-state index in [1.54, 1.807) is 11.3 Å². The number of thiazole rings is 1. The third-order valence-electron chi connectivity index (χ3n) is 4.04. The first-order valence-electron chi connectivity index (χ1n) is 7.18. The van der Waals surface area contributed by atoms with Gasteiger partial charge in [-0.2, -0.15) is 0 Å². The maximum absolute atomic E-state index is 10.0. The van der Waals surface area contributed by atoms with Crippen LogP contribution in [0.3, 0.4) is 0 Å². The third kappa shape index (κ3) is 2.70. The zero-order chi connectivity index (χ0) is 13.4. The van der Waals surface area contributed by atoms with Crippen molar-refractivity contribution >= 4 is 11.3 Å². The first-order valence-corrected chi connectivity index (χ1v) is 8.00. The van der Waals surface area contributed by atoms with E-state index in [2.05, 4.69) is 18.7 Å². The zero-order valence-corrected chi connectivity index (χ0v) is 12.4. The van der Waals surface area contributed by atoms with Crippen molar-refractivity contribution in [3.05, 3.63) is 15.6 Å². The van der Waals surface area contributed by atoms with Crippen molar-refractivity contribution in [3.63, 3.8) is 0 Å². The molecule has 2 unspecified atom stereocenters. The Morgan fingerprint density at radius 2 is 2.32 bits per heavy atom. The predicted octanol–water partition coefficient (Wildman–Crippen LogP) is 2.29. The summed E-state index contributed by atoms with van der Waals surface area (Å²) >= 11 is 1.65. The van der Waals surface area contributed by atoms with Gasteiger partial charge in [0.1, 0.15) is 11.1 Å². The number of rotatable bonds is 2. The second kappa shape index (κ2) is 5.48. The van der Waals surface area contributed by atoms with Crippen molar-refractivity contribution in [2.24, 2.45) is 0 Å². The molecule has 4 nitrogen and oxygen atoms in total. The molecule has 2 aliphatic rings. The van der Waals surface area contributed by atoms with E-state index in [0.29, 0.717) is 6.04 Å². The van der Waals surface area contributed by atoms with Gasteiger partial charge < -0.3 is 9.84 Å². The number of fused-ring (bicyclic) bond motifs is 1. The molecule has 0 saturated carbocycles. The van der Waals surface area contributed by atoms with Crippen molar-refractivity contribution in [2.75, 3.05) is 19.7 Å². The number of nitrogens with zero attached hydrogens (tertiary/aromatic N) is 2. The van der Waals surface area contributed by atoms with Gasteiger partial charge in [-0.15, -0.1) is 11.3 Å². The van der Waals surface area contributed by atoms with Crippen LogP contribution in [0.4, 0.5) is 0 Å². The topological polar surface area (TPSA) is 45.6 Å². The second-order valence-corrected chi connectivity index (χ2v) is 6.78. The van der Waals surface area contributed by atoms with Gasteiger partial charge in [-0.3, -0.25) is 4.90 Å². The van der Waals surface area contributed by atoms with Gasteiger partial charge in [-0.05, 0) is 33.1 Å². The number of morpholine rings is 1. The molecular weight excluding hydrogens is 260 g/mol. The van der Waals surface area contributed by atoms with Gasteiger partial charge in [-0.1, -0.05) is 0 Å². The Balaban J connectivity index is 1.78. The van der Waals surface area contributed by atoms with Crippen LogP contribution >= 0.6 is 11.3 Å². The van der Waals surface area contributed by atoms with Gasteiger partial charge in [0.15, 0.2) is 0 Å². The van der Waals surface area contributed by atoms with Gasteiger partial charge in [0.25, 0.3) is 0 Å². The summed E-state index contributed by atoms with van der Waals surface area (Å²) in [5.41, 5.74) is 1.10. The van der Waals surface area contributed by atoms with E-state index in [1.807, 2.05) is 0 Å². The average Bonchev–Trinajstić information content (AvgIpc) is 2.84. The Kier molecular flexibility index (Phi) is 3.89. The number of hydrogen-bond donors (Lipinski definition) is 1. The molecule has 5 heteroatoms. The molecule has 3 rings (SSSR count). The summed E-state index contributed by atoms with van der Waals surface area (Å²) in [7, 11) is 0. The molecule has 0 amide bonds. The molecule has 2 heterocycles. The van der Waals surface area contributed by atoms with Crippen LogP contribution < -0.4 is 0 Å². The maximum Gasteiger partial charge on any atom is 0.123 e. The molecule has 0 radical (unpaired) electrons. The molecule has 1 aliphatic heterocycles. The molecule has 1 saturated heterocycles. The van der Waals surface area contributed by atoms with E-state index in [4.69, 9.17) is 9.72 Å². The summed E-state index contributed by atoms with van der Waals surface area (Å²) in [6, 6.07) is 0.548. The summed E-state index contributed by atoms with van der Waals surface area (Å²) in [6.45, 7) is 7.13. The fraction of sp³-hybridized carbons (Fsp3) is 0.786. The number of ether oxygens (including phenoxy) is 1. The molecule has 0 bridgehead atoms. The molecule has 0 aromatic carbocycles. The first-order chi connectivity index (χ1) is 9.15. The summed E-state index contributed by atoms with van der Waals surface area (Å²) in [5, 5.41) is 11.1. The highest BCUT2D eigenvalue weighted by Crippen LogP contribution is 2.37. The lowest BCUT2D eigenvalue weighted by atomic mass is 10.0. The summed E-state index contributed by atoms with van der Waals surface area (Å²) < 4.78 is 5.88. The van der Waals surface area contributed by atoms with Gasteiger partial charge in [0.05, 0.1) is 23.3 Å².